The maximum Gasteiger partial charge on any atom is 0.333 e. The Morgan fingerprint density at radius 1 is 1.07 bits per heavy atom. The molecule has 0 unspecified atom stereocenters. The van der Waals surface area contributed by atoms with E-state index >= 15 is 0 Å². The molecule has 2 fully saturated rings. The van der Waals surface area contributed by atoms with Crippen molar-refractivity contribution in [1.29, 1.82) is 0 Å². The normalized spacial score (nSPS) is 36.6. The minimum atomic E-state index is -1.83. The zero-order valence-corrected chi connectivity index (χ0v) is 26.8. The van der Waals surface area contributed by atoms with Crippen LogP contribution in [0.15, 0.2) is 34.9 Å². The second kappa shape index (κ2) is 12.0. The number of ether oxygens (including phenoxy) is 2. The van der Waals surface area contributed by atoms with Crippen molar-refractivity contribution in [2.75, 3.05) is 6.61 Å². The molecule has 0 aliphatic heterocycles. The summed E-state index contributed by atoms with van der Waals surface area (Å²) in [4.78, 5) is 39.0. The minimum Gasteiger partial charge on any atom is -0.458 e. The number of carbonyl (C=O) groups is 3. The molecule has 0 saturated heterocycles. The molecular weight excluding hydrogens is 532 g/mol. The maximum atomic E-state index is 13.4. The van der Waals surface area contributed by atoms with E-state index in [2.05, 4.69) is 20.8 Å². The number of rotatable bonds is 12. The largest absolute Gasteiger partial charge is 0.458 e. The Morgan fingerprint density at radius 2 is 1.71 bits per heavy atom. The molecule has 0 heterocycles. The summed E-state index contributed by atoms with van der Waals surface area (Å²) < 4.78 is 11.9. The van der Waals surface area contributed by atoms with Gasteiger partial charge in [-0.3, -0.25) is 9.59 Å². The van der Waals surface area contributed by atoms with Gasteiger partial charge in [0.15, 0.2) is 5.78 Å². The van der Waals surface area contributed by atoms with Gasteiger partial charge in [0, 0.05) is 41.6 Å². The Labute approximate surface area is 251 Å². The van der Waals surface area contributed by atoms with Gasteiger partial charge in [-0.1, -0.05) is 84.4 Å². The molecule has 4 aliphatic carbocycles. The molecule has 0 aromatic carbocycles. The van der Waals surface area contributed by atoms with E-state index in [1.165, 1.54) is 25.7 Å². The average molecular weight is 585 g/mol. The molecule has 0 amide bonds. The summed E-state index contributed by atoms with van der Waals surface area (Å²) in [5.74, 6) is -2.98. The molecule has 0 bridgehead atoms. The van der Waals surface area contributed by atoms with E-state index in [0.29, 0.717) is 29.6 Å². The second-order valence-electron chi connectivity index (χ2n) is 14.1. The smallest absolute Gasteiger partial charge is 0.333 e. The van der Waals surface area contributed by atoms with Crippen LogP contribution in [0, 0.1) is 29.1 Å². The lowest BCUT2D eigenvalue weighted by Gasteiger charge is -2.50. The van der Waals surface area contributed by atoms with Gasteiger partial charge in [-0.25, -0.2) is 4.79 Å². The Balaban J connectivity index is 1.60. The van der Waals surface area contributed by atoms with Gasteiger partial charge in [0.25, 0.3) is 0 Å². The third-order valence-electron chi connectivity index (χ3n) is 11.1. The Hall–Kier alpha value is -2.25. The number of ketones is 1. The number of aliphatic hydroxyl groups is 2. The van der Waals surface area contributed by atoms with Crippen molar-refractivity contribution in [2.45, 2.75) is 129 Å². The number of allylic oxidation sites excluding steroid dienone is 1. The van der Waals surface area contributed by atoms with Crippen molar-refractivity contribution in [1.82, 2.24) is 0 Å². The van der Waals surface area contributed by atoms with Crippen LogP contribution in [0.5, 0.6) is 0 Å². The zero-order valence-electron chi connectivity index (χ0n) is 26.8. The quantitative estimate of drug-likeness (QED) is 0.122. The number of hydrogen-bond donors (Lipinski definition) is 2. The molecule has 0 aromatic rings. The third kappa shape index (κ3) is 5.34. The Morgan fingerprint density at radius 3 is 2.36 bits per heavy atom. The summed E-state index contributed by atoms with van der Waals surface area (Å²) in [6.07, 6.45) is 13.9. The van der Waals surface area contributed by atoms with Crippen LogP contribution in [0.4, 0.5) is 0 Å². The summed E-state index contributed by atoms with van der Waals surface area (Å²) in [5.41, 5.74) is -2.95. The number of unbranched alkanes of at least 4 members (excludes halogenated alkanes) is 6. The van der Waals surface area contributed by atoms with E-state index in [1.54, 1.807) is 32.9 Å². The monoisotopic (exact) mass is 584 g/mol. The van der Waals surface area contributed by atoms with E-state index in [-0.39, 0.29) is 30.8 Å². The Kier molecular flexibility index (Phi) is 9.36. The van der Waals surface area contributed by atoms with Crippen molar-refractivity contribution in [2.24, 2.45) is 29.1 Å². The van der Waals surface area contributed by atoms with E-state index in [0.717, 1.165) is 19.3 Å². The van der Waals surface area contributed by atoms with Gasteiger partial charge in [0.1, 0.15) is 17.8 Å². The first-order valence-corrected chi connectivity index (χ1v) is 16.1. The van der Waals surface area contributed by atoms with Gasteiger partial charge in [0.05, 0.1) is 5.60 Å². The van der Waals surface area contributed by atoms with Crippen LogP contribution in [-0.4, -0.2) is 51.3 Å². The van der Waals surface area contributed by atoms with Gasteiger partial charge < -0.3 is 19.7 Å². The van der Waals surface area contributed by atoms with Gasteiger partial charge in [-0.2, -0.15) is 0 Å². The third-order valence-corrected chi connectivity index (χ3v) is 11.1. The number of Topliss-reactive ketones (excluding diaryl/α,β-unsaturated/α-hetero) is 1. The molecule has 7 atom stereocenters. The van der Waals surface area contributed by atoms with Crippen LogP contribution >= 0.6 is 0 Å². The molecule has 42 heavy (non-hydrogen) atoms. The highest BCUT2D eigenvalue weighted by molar-refractivity contribution is 6.04. The lowest BCUT2D eigenvalue weighted by atomic mass is 9.60. The van der Waals surface area contributed by atoms with Gasteiger partial charge in [0.2, 0.25) is 0 Å². The topological polar surface area (TPSA) is 110 Å². The molecule has 234 valence electrons. The number of fused-ring (bicyclic) bond motifs is 5. The van der Waals surface area contributed by atoms with Gasteiger partial charge in [-0.05, 0) is 50.7 Å². The lowest BCUT2D eigenvalue weighted by molar-refractivity contribution is -0.187. The molecular formula is C35H52O7. The van der Waals surface area contributed by atoms with Crippen LogP contribution in [0.1, 0.15) is 113 Å². The van der Waals surface area contributed by atoms with E-state index in [9.17, 15) is 24.6 Å². The number of esters is 2. The van der Waals surface area contributed by atoms with Crippen LogP contribution in [-0.2, 0) is 23.9 Å². The van der Waals surface area contributed by atoms with Gasteiger partial charge in [-0.15, -0.1) is 0 Å². The summed E-state index contributed by atoms with van der Waals surface area (Å²) in [5, 5.41) is 24.5. The first-order valence-electron chi connectivity index (χ1n) is 16.1. The predicted octanol–water partition coefficient (Wildman–Crippen LogP) is 6.17. The molecule has 4 rings (SSSR count). The SMILES string of the molecule is C/C=C(\C)C(=O)OCC1=C[C@H]2[C@@H]3C(C)(C)[C@]3(OC(=O)CCCCCCCCC)C[C@@H](C)[C@]2(O)[C@@H]2C=C(C)C(=O)[C@@]2(O)C1. The van der Waals surface area contributed by atoms with Crippen molar-refractivity contribution in [3.05, 3.63) is 34.9 Å². The van der Waals surface area contributed by atoms with Crippen LogP contribution in [0.25, 0.3) is 0 Å². The fourth-order valence-corrected chi connectivity index (χ4v) is 8.46. The standard InChI is InChI=1S/C35H52O7/c1-8-10-11-12-13-14-15-16-28(36)42-34-19-24(5)35(40)26(29(34)32(34,6)7)18-25(21-41-31(38)22(3)9-2)20-33(39)27(35)17-23(4)30(33)37/h9,17-18,24,26-27,29,39-40H,8,10-16,19-21H2,1-7H3/b22-9+/t24-,26+,27-,29-,33-,34+,35-/m1/s1. The zero-order chi connectivity index (χ0) is 31.1. The minimum absolute atomic E-state index is 0.0315. The lowest BCUT2D eigenvalue weighted by Crippen LogP contribution is -2.61. The second-order valence-corrected chi connectivity index (χ2v) is 14.1. The van der Waals surface area contributed by atoms with E-state index in [4.69, 9.17) is 9.47 Å². The molecule has 0 radical (unpaired) electrons. The van der Waals surface area contributed by atoms with Crippen molar-refractivity contribution >= 4 is 17.7 Å². The van der Waals surface area contributed by atoms with E-state index < -0.39 is 45.8 Å². The first kappa shape index (κ1) is 32.7. The first-order chi connectivity index (χ1) is 19.7. The molecule has 2 N–H and O–H groups in total. The summed E-state index contributed by atoms with van der Waals surface area (Å²) >= 11 is 0. The molecule has 0 aromatic heterocycles. The number of carbonyl (C=O) groups excluding carboxylic acids is 3. The van der Waals surface area contributed by atoms with Crippen molar-refractivity contribution in [3.8, 4) is 0 Å². The highest BCUT2D eigenvalue weighted by Gasteiger charge is 2.83. The maximum absolute atomic E-state index is 13.4. The fraction of sp³-hybridized carbons (Fsp3) is 0.743. The summed E-state index contributed by atoms with van der Waals surface area (Å²) in [6.45, 7) is 13.3. The van der Waals surface area contributed by atoms with Crippen molar-refractivity contribution < 1.29 is 34.1 Å². The van der Waals surface area contributed by atoms with Crippen LogP contribution in [0.2, 0.25) is 0 Å². The molecule has 7 heteroatoms. The summed E-state index contributed by atoms with van der Waals surface area (Å²) in [6, 6.07) is 0. The highest BCUT2D eigenvalue weighted by atomic mass is 16.6. The molecule has 2 saturated carbocycles. The van der Waals surface area contributed by atoms with Crippen LogP contribution in [0.3, 0.4) is 0 Å². The molecule has 4 aliphatic rings. The predicted molar refractivity (Wildman–Crippen MR) is 161 cm³/mol. The Bertz CT molecular complexity index is 1180. The van der Waals surface area contributed by atoms with Crippen LogP contribution < -0.4 is 0 Å². The van der Waals surface area contributed by atoms with E-state index in [1.807, 2.05) is 13.0 Å². The average Bonchev–Trinajstić information content (AvgIpc) is 3.34. The van der Waals surface area contributed by atoms with Gasteiger partial charge >= 0.3 is 11.9 Å². The fourth-order valence-electron chi connectivity index (χ4n) is 8.46. The highest BCUT2D eigenvalue weighted by Crippen LogP contribution is 2.76. The van der Waals surface area contributed by atoms with Crippen molar-refractivity contribution in [3.63, 3.8) is 0 Å². The molecule has 7 nitrogen and oxygen atoms in total. The number of hydrogen-bond acceptors (Lipinski definition) is 7. The molecule has 0 spiro atoms. The summed E-state index contributed by atoms with van der Waals surface area (Å²) in [7, 11) is 0.